The summed E-state index contributed by atoms with van der Waals surface area (Å²) in [5.41, 5.74) is 4.14. The third kappa shape index (κ3) is 4.78. The molecule has 2 N–H and O–H groups in total. The predicted molar refractivity (Wildman–Crippen MR) is 121 cm³/mol. The first-order chi connectivity index (χ1) is 13.0. The first-order valence-corrected chi connectivity index (χ1v) is 10.6. The van der Waals surface area contributed by atoms with Crippen LogP contribution in [0.2, 0.25) is 0 Å². The van der Waals surface area contributed by atoms with Crippen molar-refractivity contribution in [1.29, 1.82) is 0 Å². The van der Waals surface area contributed by atoms with E-state index >= 15 is 0 Å². The summed E-state index contributed by atoms with van der Waals surface area (Å²) in [6.45, 7) is 0. The third-order valence-electron chi connectivity index (χ3n) is 3.53. The molecule has 138 valence electrons. The number of aromatic hydroxyl groups is 1. The summed E-state index contributed by atoms with van der Waals surface area (Å²) in [6.07, 6.45) is 2.64. The Hall–Kier alpha value is -1.68. The van der Waals surface area contributed by atoms with Crippen LogP contribution < -0.4 is 10.9 Å². The number of nitrogens with zero attached hydrogens (tertiary/aromatic N) is 1. The summed E-state index contributed by atoms with van der Waals surface area (Å²) in [7, 11) is 0. The fraction of sp³-hybridized carbons (Fsp3) is 0.0556. The maximum absolute atomic E-state index is 12.6. The minimum absolute atomic E-state index is 0.0328. The smallest absolute Gasteiger partial charge is 0.201 e. The Labute approximate surface area is 181 Å². The van der Waals surface area contributed by atoms with Gasteiger partial charge in [0.15, 0.2) is 9.90 Å². The molecular formula is C18H12Br2N2O3S2. The monoisotopic (exact) mass is 526 g/mol. The van der Waals surface area contributed by atoms with Crippen molar-refractivity contribution >= 4 is 77.3 Å². The van der Waals surface area contributed by atoms with Gasteiger partial charge in [0.25, 0.3) is 0 Å². The molecule has 5 nitrogen and oxygen atoms in total. The topological polar surface area (TPSA) is 74.8 Å². The Morgan fingerprint density at radius 1 is 1.33 bits per heavy atom. The van der Waals surface area contributed by atoms with Crippen LogP contribution in [-0.4, -0.2) is 15.6 Å². The molecule has 0 atom stereocenters. The number of rotatable bonds is 4. The lowest BCUT2D eigenvalue weighted by atomic mass is 10.2. The highest BCUT2D eigenvalue weighted by atomic mass is 79.9. The van der Waals surface area contributed by atoms with Gasteiger partial charge in [-0.05, 0) is 43.5 Å². The Morgan fingerprint density at radius 3 is 2.81 bits per heavy atom. The van der Waals surface area contributed by atoms with Gasteiger partial charge in [-0.2, -0.15) is 5.10 Å². The molecule has 27 heavy (non-hydrogen) atoms. The van der Waals surface area contributed by atoms with Gasteiger partial charge in [0.05, 0.1) is 21.6 Å². The van der Waals surface area contributed by atoms with Crippen LogP contribution in [0, 0.1) is 0 Å². The molecule has 1 heterocycles. The number of halogens is 2. The molecule has 0 radical (unpaired) electrons. The van der Waals surface area contributed by atoms with E-state index in [9.17, 15) is 9.90 Å². The van der Waals surface area contributed by atoms with Crippen LogP contribution in [0.15, 0.2) is 65.9 Å². The molecule has 0 spiro atoms. The lowest BCUT2D eigenvalue weighted by Crippen LogP contribution is -2.14. The number of hydrogen-bond donors (Lipinski definition) is 2. The van der Waals surface area contributed by atoms with E-state index in [1.165, 1.54) is 30.3 Å². The van der Waals surface area contributed by atoms with Crippen LogP contribution in [0.5, 0.6) is 5.75 Å². The highest BCUT2D eigenvalue weighted by molar-refractivity contribution is 9.11. The molecule has 3 aromatic rings. The van der Waals surface area contributed by atoms with E-state index in [1.807, 2.05) is 30.3 Å². The van der Waals surface area contributed by atoms with Gasteiger partial charge in [-0.25, -0.2) is 0 Å². The SMILES string of the molecule is O=c1c(/C=N/NC(=S)SCc2ccccc2)coc2c(Br)c(O)c(Br)cc12. The quantitative estimate of drug-likeness (QED) is 0.277. The van der Waals surface area contributed by atoms with Crippen molar-refractivity contribution in [3.8, 4) is 5.75 Å². The van der Waals surface area contributed by atoms with Crippen molar-refractivity contribution < 1.29 is 9.52 Å². The van der Waals surface area contributed by atoms with Crippen LogP contribution >= 0.6 is 55.8 Å². The average Bonchev–Trinajstić information content (AvgIpc) is 2.68. The van der Waals surface area contributed by atoms with Gasteiger partial charge in [0.1, 0.15) is 16.5 Å². The first-order valence-electron chi connectivity index (χ1n) is 7.59. The van der Waals surface area contributed by atoms with Crippen molar-refractivity contribution in [2.75, 3.05) is 0 Å². The summed E-state index contributed by atoms with van der Waals surface area (Å²) >= 11 is 13.1. The number of benzene rings is 2. The maximum Gasteiger partial charge on any atom is 0.201 e. The van der Waals surface area contributed by atoms with Gasteiger partial charge in [0, 0.05) is 5.75 Å². The summed E-state index contributed by atoms with van der Waals surface area (Å²) in [4.78, 5) is 12.6. The Balaban J connectivity index is 1.71. The Bertz CT molecular complexity index is 1090. The number of phenols is 1. The number of hydrazone groups is 1. The Kier molecular flexibility index (Phi) is 6.69. The van der Waals surface area contributed by atoms with Gasteiger partial charge in [-0.15, -0.1) is 0 Å². The minimum Gasteiger partial charge on any atom is -0.505 e. The van der Waals surface area contributed by atoms with Gasteiger partial charge >= 0.3 is 0 Å². The molecule has 0 saturated carbocycles. The van der Waals surface area contributed by atoms with Gasteiger partial charge in [0.2, 0.25) is 5.43 Å². The van der Waals surface area contributed by atoms with Crippen molar-refractivity contribution in [3.05, 3.63) is 73.0 Å². The number of fused-ring (bicyclic) bond motifs is 1. The zero-order chi connectivity index (χ0) is 19.4. The molecule has 0 fully saturated rings. The number of hydrogen-bond acceptors (Lipinski definition) is 6. The largest absolute Gasteiger partial charge is 0.505 e. The summed E-state index contributed by atoms with van der Waals surface area (Å²) < 4.78 is 6.66. The highest BCUT2D eigenvalue weighted by Gasteiger charge is 2.14. The van der Waals surface area contributed by atoms with Gasteiger partial charge in [-0.3, -0.25) is 10.2 Å². The molecule has 2 aromatic carbocycles. The van der Waals surface area contributed by atoms with E-state index in [2.05, 4.69) is 42.4 Å². The van der Waals surface area contributed by atoms with E-state index in [0.29, 0.717) is 18.7 Å². The zero-order valence-electron chi connectivity index (χ0n) is 13.6. The average molecular weight is 528 g/mol. The molecule has 0 aliphatic carbocycles. The predicted octanol–water partition coefficient (Wildman–Crippen LogP) is 5.17. The lowest BCUT2D eigenvalue weighted by molar-refractivity contribution is 0.467. The first kappa shape index (κ1) is 20.1. The van der Waals surface area contributed by atoms with Crippen LogP contribution in [0.25, 0.3) is 11.0 Å². The van der Waals surface area contributed by atoms with E-state index < -0.39 is 0 Å². The summed E-state index contributed by atoms with van der Waals surface area (Å²) in [6, 6.07) is 11.5. The fourth-order valence-electron chi connectivity index (χ4n) is 2.21. The second-order valence-electron chi connectivity index (χ2n) is 5.35. The van der Waals surface area contributed by atoms with Crippen molar-refractivity contribution in [2.24, 2.45) is 5.10 Å². The molecule has 9 heteroatoms. The van der Waals surface area contributed by atoms with Crippen molar-refractivity contribution in [2.45, 2.75) is 5.75 Å². The number of thiocarbonyl (C=S) groups is 1. The molecule has 0 amide bonds. The van der Waals surface area contributed by atoms with Crippen molar-refractivity contribution in [3.63, 3.8) is 0 Å². The minimum atomic E-state index is -0.272. The standard InChI is InChI=1S/C18H12Br2N2O3S2/c19-13-6-12-15(23)11(8-25-17(12)14(20)16(13)24)7-21-22-18(26)27-9-10-4-2-1-3-5-10/h1-8,24H,9H2,(H,22,26)/b21-7+. The highest BCUT2D eigenvalue weighted by Crippen LogP contribution is 2.37. The molecular weight excluding hydrogens is 516 g/mol. The van der Waals surface area contributed by atoms with Crippen molar-refractivity contribution in [1.82, 2.24) is 5.43 Å². The van der Waals surface area contributed by atoms with Gasteiger partial charge < -0.3 is 9.52 Å². The molecule has 0 unspecified atom stereocenters. The fourth-order valence-corrected chi connectivity index (χ4v) is 4.26. The molecule has 0 bridgehead atoms. The van der Waals surface area contributed by atoms with E-state index in [-0.39, 0.29) is 22.3 Å². The van der Waals surface area contributed by atoms with Crippen LogP contribution in [-0.2, 0) is 5.75 Å². The van der Waals surface area contributed by atoms with E-state index in [1.54, 1.807) is 0 Å². The summed E-state index contributed by atoms with van der Waals surface area (Å²) in [5.74, 6) is 0.695. The van der Waals surface area contributed by atoms with Crippen LogP contribution in [0.3, 0.4) is 0 Å². The van der Waals surface area contributed by atoms with Gasteiger partial charge in [-0.1, -0.05) is 54.3 Å². The van der Waals surface area contributed by atoms with Crippen LogP contribution in [0.4, 0.5) is 0 Å². The number of phenolic OH excluding ortho intramolecular Hbond substituents is 1. The van der Waals surface area contributed by atoms with Crippen LogP contribution in [0.1, 0.15) is 11.1 Å². The normalized spacial score (nSPS) is 11.2. The second kappa shape index (κ2) is 9.01. The molecule has 0 aliphatic heterocycles. The van der Waals surface area contributed by atoms with E-state index in [4.69, 9.17) is 16.6 Å². The molecule has 0 saturated heterocycles. The Morgan fingerprint density at radius 2 is 2.07 bits per heavy atom. The maximum atomic E-state index is 12.6. The molecule has 3 rings (SSSR count). The summed E-state index contributed by atoms with van der Waals surface area (Å²) in [5, 5.41) is 14.2. The second-order valence-corrected chi connectivity index (χ2v) is 8.65. The number of nitrogens with one attached hydrogen (secondary N) is 1. The molecule has 0 aliphatic rings. The third-order valence-corrected chi connectivity index (χ3v) is 6.15. The molecule has 1 aromatic heterocycles. The van der Waals surface area contributed by atoms with E-state index in [0.717, 1.165) is 11.3 Å². The number of thioether (sulfide) groups is 1. The zero-order valence-corrected chi connectivity index (χ0v) is 18.4. The lowest BCUT2D eigenvalue weighted by Gasteiger charge is -2.05.